The molecule has 0 aliphatic heterocycles. The highest BCUT2D eigenvalue weighted by Crippen LogP contribution is 2.04. The number of aliphatic imine (C=N–C) groups is 1. The summed E-state index contributed by atoms with van der Waals surface area (Å²) in [5, 5.41) is 3.08. The van der Waals surface area contributed by atoms with Gasteiger partial charge in [-0.15, -0.1) is 24.0 Å². The molecule has 20 heavy (non-hydrogen) atoms. The Labute approximate surface area is 140 Å². The Morgan fingerprint density at radius 1 is 1.15 bits per heavy atom. The Morgan fingerprint density at radius 3 is 2.50 bits per heavy atom. The van der Waals surface area contributed by atoms with Gasteiger partial charge in [0.2, 0.25) is 0 Å². The molecule has 0 aromatic rings. The lowest BCUT2D eigenvalue weighted by molar-refractivity contribution is -0.143. The summed E-state index contributed by atoms with van der Waals surface area (Å²) in [6, 6.07) is 0. The molecule has 0 aromatic heterocycles. The van der Waals surface area contributed by atoms with Crippen molar-refractivity contribution in [3.63, 3.8) is 0 Å². The Morgan fingerprint density at radius 2 is 1.85 bits per heavy atom. The molecule has 0 rings (SSSR count). The normalized spacial score (nSPS) is 10.8. The van der Waals surface area contributed by atoms with Crippen LogP contribution in [0.15, 0.2) is 4.99 Å². The number of guanidine groups is 1. The standard InChI is InChI=1S/C14H29N3O2.HI/c1-3-5-11-16-14(15)17-12-9-7-6-8-10-13(18)19-4-2;/h3-12H2,1-2H3,(H3,15,16,17);1H. The number of ether oxygens (including phenoxy) is 1. The molecule has 0 saturated heterocycles. The van der Waals surface area contributed by atoms with Gasteiger partial charge in [0, 0.05) is 19.5 Å². The lowest BCUT2D eigenvalue weighted by Gasteiger charge is -2.04. The molecule has 0 atom stereocenters. The van der Waals surface area contributed by atoms with Crippen molar-refractivity contribution in [1.82, 2.24) is 5.32 Å². The maximum atomic E-state index is 11.1. The maximum Gasteiger partial charge on any atom is 0.305 e. The van der Waals surface area contributed by atoms with Crippen LogP contribution in [0.25, 0.3) is 0 Å². The molecule has 5 nitrogen and oxygen atoms in total. The van der Waals surface area contributed by atoms with Crippen molar-refractivity contribution in [2.75, 3.05) is 19.7 Å². The first-order chi connectivity index (χ1) is 9.20. The first kappa shape index (κ1) is 21.8. The lowest BCUT2D eigenvalue weighted by atomic mass is 10.1. The van der Waals surface area contributed by atoms with E-state index < -0.39 is 0 Å². The van der Waals surface area contributed by atoms with E-state index in [1.165, 1.54) is 0 Å². The zero-order valence-corrected chi connectivity index (χ0v) is 15.2. The zero-order chi connectivity index (χ0) is 14.3. The van der Waals surface area contributed by atoms with Crippen molar-refractivity contribution in [3.8, 4) is 0 Å². The highest BCUT2D eigenvalue weighted by atomic mass is 127. The minimum absolute atomic E-state index is 0. The largest absolute Gasteiger partial charge is 0.466 e. The minimum atomic E-state index is -0.0927. The molecule has 0 aliphatic carbocycles. The summed E-state index contributed by atoms with van der Waals surface area (Å²) in [6.07, 6.45) is 6.82. The molecule has 0 radical (unpaired) electrons. The zero-order valence-electron chi connectivity index (χ0n) is 12.8. The Hall–Kier alpha value is -0.530. The molecule has 0 spiro atoms. The summed E-state index contributed by atoms with van der Waals surface area (Å²) in [5.41, 5.74) is 5.71. The quantitative estimate of drug-likeness (QED) is 0.184. The molecule has 0 unspecified atom stereocenters. The van der Waals surface area contributed by atoms with Crippen molar-refractivity contribution in [2.24, 2.45) is 10.7 Å². The molecule has 0 bridgehead atoms. The third kappa shape index (κ3) is 15.5. The molecule has 3 N–H and O–H groups in total. The fourth-order valence-corrected chi connectivity index (χ4v) is 1.62. The average Bonchev–Trinajstić information content (AvgIpc) is 2.38. The number of halogens is 1. The monoisotopic (exact) mass is 399 g/mol. The molecule has 6 heteroatoms. The van der Waals surface area contributed by atoms with Crippen molar-refractivity contribution >= 4 is 35.9 Å². The number of rotatable bonds is 11. The number of carbonyl (C=O) groups excluding carboxylic acids is 1. The van der Waals surface area contributed by atoms with Crippen LogP contribution in [0.1, 0.15) is 58.8 Å². The summed E-state index contributed by atoms with van der Waals surface area (Å²) < 4.78 is 4.86. The van der Waals surface area contributed by atoms with Crippen molar-refractivity contribution in [2.45, 2.75) is 58.8 Å². The minimum Gasteiger partial charge on any atom is -0.466 e. The van der Waals surface area contributed by atoms with Crippen LogP contribution in [0.2, 0.25) is 0 Å². The fourth-order valence-electron chi connectivity index (χ4n) is 1.62. The molecule has 0 heterocycles. The summed E-state index contributed by atoms with van der Waals surface area (Å²) in [4.78, 5) is 15.3. The predicted molar refractivity (Wildman–Crippen MR) is 94.5 cm³/mol. The molecule has 120 valence electrons. The van der Waals surface area contributed by atoms with Crippen LogP contribution >= 0.6 is 24.0 Å². The van der Waals surface area contributed by atoms with E-state index in [1.54, 1.807) is 0 Å². The molecule has 0 amide bonds. The second kappa shape index (κ2) is 16.5. The number of nitrogens with two attached hydrogens (primary N) is 1. The summed E-state index contributed by atoms with van der Waals surface area (Å²) >= 11 is 0. The number of unbranched alkanes of at least 4 members (excludes halogenated alkanes) is 4. The average molecular weight is 399 g/mol. The third-order valence-corrected chi connectivity index (χ3v) is 2.71. The summed E-state index contributed by atoms with van der Waals surface area (Å²) in [6.45, 7) is 6.09. The van der Waals surface area contributed by atoms with Gasteiger partial charge in [0.25, 0.3) is 0 Å². The van der Waals surface area contributed by atoms with E-state index in [9.17, 15) is 4.79 Å². The topological polar surface area (TPSA) is 76.7 Å². The second-order valence-corrected chi connectivity index (χ2v) is 4.52. The first-order valence-corrected chi connectivity index (χ1v) is 7.40. The molecule has 0 aliphatic rings. The third-order valence-electron chi connectivity index (χ3n) is 2.71. The van der Waals surface area contributed by atoms with Crippen LogP contribution < -0.4 is 11.1 Å². The summed E-state index contributed by atoms with van der Waals surface area (Å²) in [5.74, 6) is 0.449. The number of hydrogen-bond acceptors (Lipinski definition) is 3. The number of nitrogens with zero attached hydrogens (tertiary/aromatic N) is 1. The van der Waals surface area contributed by atoms with Crippen LogP contribution in [0.4, 0.5) is 0 Å². The number of hydrogen-bond donors (Lipinski definition) is 2. The van der Waals surface area contributed by atoms with Gasteiger partial charge in [0.1, 0.15) is 0 Å². The molecular formula is C14H30IN3O2. The molecule has 0 aromatic carbocycles. The van der Waals surface area contributed by atoms with Crippen molar-refractivity contribution < 1.29 is 9.53 Å². The van der Waals surface area contributed by atoms with E-state index >= 15 is 0 Å². The SMILES string of the molecule is CCCCNC(N)=NCCCCCCC(=O)OCC.I. The van der Waals surface area contributed by atoms with Gasteiger partial charge in [-0.05, 0) is 26.2 Å². The van der Waals surface area contributed by atoms with Gasteiger partial charge in [0.05, 0.1) is 6.61 Å². The highest BCUT2D eigenvalue weighted by molar-refractivity contribution is 14.0. The summed E-state index contributed by atoms with van der Waals surface area (Å²) in [7, 11) is 0. The van der Waals surface area contributed by atoms with Gasteiger partial charge in [-0.25, -0.2) is 0 Å². The lowest BCUT2D eigenvalue weighted by Crippen LogP contribution is -2.32. The Kier molecular flexibility index (Phi) is 18.0. The van der Waals surface area contributed by atoms with Gasteiger partial charge < -0.3 is 15.8 Å². The van der Waals surface area contributed by atoms with E-state index in [4.69, 9.17) is 10.5 Å². The van der Waals surface area contributed by atoms with Crippen LogP contribution in [-0.4, -0.2) is 31.6 Å². The van der Waals surface area contributed by atoms with Gasteiger partial charge >= 0.3 is 5.97 Å². The number of nitrogens with one attached hydrogen (secondary N) is 1. The van der Waals surface area contributed by atoms with Gasteiger partial charge in [-0.2, -0.15) is 0 Å². The highest BCUT2D eigenvalue weighted by Gasteiger charge is 2.00. The molecule has 0 saturated carbocycles. The Bertz CT molecular complexity index is 261. The van der Waals surface area contributed by atoms with Gasteiger partial charge in [0.15, 0.2) is 5.96 Å². The fraction of sp³-hybridized carbons (Fsp3) is 0.857. The van der Waals surface area contributed by atoms with Crippen molar-refractivity contribution in [3.05, 3.63) is 0 Å². The first-order valence-electron chi connectivity index (χ1n) is 7.40. The van der Waals surface area contributed by atoms with Crippen LogP contribution in [0.5, 0.6) is 0 Å². The van der Waals surface area contributed by atoms with E-state index in [0.717, 1.165) is 51.6 Å². The van der Waals surface area contributed by atoms with Crippen LogP contribution in [0.3, 0.4) is 0 Å². The number of carbonyl (C=O) groups is 1. The van der Waals surface area contributed by atoms with E-state index in [-0.39, 0.29) is 29.9 Å². The van der Waals surface area contributed by atoms with Gasteiger partial charge in [-0.3, -0.25) is 9.79 Å². The smallest absolute Gasteiger partial charge is 0.305 e. The molecular weight excluding hydrogens is 369 g/mol. The maximum absolute atomic E-state index is 11.1. The second-order valence-electron chi connectivity index (χ2n) is 4.52. The van der Waals surface area contributed by atoms with E-state index in [0.29, 0.717) is 19.0 Å². The Balaban J connectivity index is 0. The molecule has 0 fully saturated rings. The van der Waals surface area contributed by atoms with Crippen LogP contribution in [-0.2, 0) is 9.53 Å². The van der Waals surface area contributed by atoms with Gasteiger partial charge in [-0.1, -0.05) is 26.2 Å². The predicted octanol–water partition coefficient (Wildman–Crippen LogP) is 2.82. The van der Waals surface area contributed by atoms with E-state index in [1.807, 2.05) is 6.92 Å². The van der Waals surface area contributed by atoms with Crippen molar-refractivity contribution in [1.29, 1.82) is 0 Å². The van der Waals surface area contributed by atoms with E-state index in [2.05, 4.69) is 17.2 Å². The van der Waals surface area contributed by atoms with Crippen LogP contribution in [0, 0.1) is 0 Å². The number of esters is 1.